The summed E-state index contributed by atoms with van der Waals surface area (Å²) in [6.07, 6.45) is 1.02. The number of ether oxygens (including phenoxy) is 1. The van der Waals surface area contributed by atoms with Crippen LogP contribution < -0.4 is 26.2 Å². The number of sulfonamides is 1. The fourth-order valence-electron chi connectivity index (χ4n) is 2.90. The van der Waals surface area contributed by atoms with Gasteiger partial charge >= 0.3 is 0 Å². The van der Waals surface area contributed by atoms with Gasteiger partial charge in [-0.15, -0.1) is 0 Å². The summed E-state index contributed by atoms with van der Waals surface area (Å²) in [5, 5.41) is 33.4. The molecule has 0 aliphatic carbocycles. The second-order valence-corrected chi connectivity index (χ2v) is 8.30. The van der Waals surface area contributed by atoms with Crippen molar-refractivity contribution < 1.29 is 27.8 Å². The van der Waals surface area contributed by atoms with Crippen LogP contribution in [0.1, 0.15) is 23.2 Å². The highest BCUT2D eigenvalue weighted by Crippen LogP contribution is 2.36. The number of benzene rings is 2. The number of nitro groups is 2. The van der Waals surface area contributed by atoms with Gasteiger partial charge in [0.2, 0.25) is 15.9 Å². The van der Waals surface area contributed by atoms with Crippen LogP contribution in [0.2, 0.25) is 0 Å². The highest BCUT2D eigenvalue weighted by atomic mass is 32.2. The van der Waals surface area contributed by atoms with E-state index in [1.165, 1.54) is 19.2 Å². The van der Waals surface area contributed by atoms with Gasteiger partial charge in [0.1, 0.15) is 11.4 Å². The van der Waals surface area contributed by atoms with Crippen molar-refractivity contribution >= 4 is 38.7 Å². The van der Waals surface area contributed by atoms with E-state index in [0.717, 1.165) is 18.2 Å². The number of nitrogens with zero attached hydrogens (tertiary/aromatic N) is 2. The number of primary sulfonamides is 1. The molecule has 0 saturated carbocycles. The molecule has 15 heteroatoms. The second-order valence-electron chi connectivity index (χ2n) is 6.74. The molecule has 0 aliphatic heterocycles. The summed E-state index contributed by atoms with van der Waals surface area (Å²) in [4.78, 5) is 32.2. The number of nitrogens with one attached hydrogen (secondary N) is 2. The lowest BCUT2D eigenvalue weighted by molar-refractivity contribution is -0.384. The molecule has 0 unspecified atom stereocenters. The van der Waals surface area contributed by atoms with Gasteiger partial charge in [0, 0.05) is 30.8 Å². The Morgan fingerprint density at radius 1 is 1.03 bits per heavy atom. The first kappa shape index (κ1) is 25.3. The van der Waals surface area contributed by atoms with Crippen molar-refractivity contribution in [3.8, 4) is 5.75 Å². The molecule has 2 aromatic rings. The maximum absolute atomic E-state index is 11.4. The summed E-state index contributed by atoms with van der Waals surface area (Å²) in [7, 11) is -2.78. The lowest BCUT2D eigenvalue weighted by Crippen LogP contribution is -2.14. The number of primary amides is 1. The molecule has 0 spiro atoms. The Morgan fingerprint density at radius 2 is 1.64 bits per heavy atom. The summed E-state index contributed by atoms with van der Waals surface area (Å²) >= 11 is 0. The average molecular weight is 482 g/mol. The van der Waals surface area contributed by atoms with Crippen molar-refractivity contribution in [3.63, 3.8) is 0 Å². The summed E-state index contributed by atoms with van der Waals surface area (Å²) in [6.45, 7) is 0.596. The number of amides is 1. The molecule has 0 aliphatic rings. The number of unbranched alkanes of at least 4 members (excludes halogenated alkanes) is 1. The molecule has 0 atom stereocenters. The fourth-order valence-corrected chi connectivity index (χ4v) is 3.43. The largest absolute Gasteiger partial charge is 0.494 e. The quantitative estimate of drug-likeness (QED) is 0.194. The van der Waals surface area contributed by atoms with Crippen molar-refractivity contribution in [2.45, 2.75) is 17.7 Å². The molecule has 0 saturated heterocycles. The number of carbonyl (C=O) groups excluding carboxylic acids is 1. The molecule has 0 radical (unpaired) electrons. The van der Waals surface area contributed by atoms with Gasteiger partial charge in [0.25, 0.3) is 11.4 Å². The SMILES string of the molecule is COc1cc(C(N)=O)cc([N+](=O)[O-])c1NCCCCNc1ccc(S(N)(=O)=O)cc1[N+](=O)[O-]. The molecular weight excluding hydrogens is 460 g/mol. The number of carbonyl (C=O) groups is 1. The van der Waals surface area contributed by atoms with Crippen LogP contribution in [-0.4, -0.2) is 44.4 Å². The summed E-state index contributed by atoms with van der Waals surface area (Å²) in [6, 6.07) is 5.64. The monoisotopic (exact) mass is 482 g/mol. The molecule has 14 nitrogen and oxygen atoms in total. The topological polar surface area (TPSA) is 223 Å². The van der Waals surface area contributed by atoms with Crippen LogP contribution in [-0.2, 0) is 10.0 Å². The Balaban J connectivity index is 2.00. The number of nitrogens with two attached hydrogens (primary N) is 2. The molecule has 33 heavy (non-hydrogen) atoms. The van der Waals surface area contributed by atoms with Gasteiger partial charge in [0.05, 0.1) is 21.9 Å². The predicted octanol–water partition coefficient (Wildman–Crippen LogP) is 1.56. The molecule has 0 bridgehead atoms. The average Bonchev–Trinajstić information content (AvgIpc) is 2.74. The molecule has 0 fully saturated rings. The van der Waals surface area contributed by atoms with Gasteiger partial charge in [-0.1, -0.05) is 0 Å². The maximum atomic E-state index is 11.4. The smallest absolute Gasteiger partial charge is 0.296 e. The first-order valence-corrected chi connectivity index (χ1v) is 11.0. The number of anilines is 2. The third kappa shape index (κ3) is 6.50. The molecule has 178 valence electrons. The Hall–Kier alpha value is -3.98. The molecule has 1 amide bonds. The van der Waals surface area contributed by atoms with Crippen LogP contribution in [0.4, 0.5) is 22.7 Å². The standard InChI is InChI=1S/C18H22N6O8S/c1-32-16-9-11(18(19)25)8-15(24(28)29)17(16)22-7-3-2-6-21-13-5-4-12(33(20,30)31)10-14(13)23(26)27/h4-5,8-10,21-22H,2-3,6-7H2,1H3,(H2,19,25)(H2,20,30,31). The van der Waals surface area contributed by atoms with Crippen LogP contribution in [0, 0.1) is 20.2 Å². The normalized spacial score (nSPS) is 11.0. The van der Waals surface area contributed by atoms with Crippen LogP contribution in [0.3, 0.4) is 0 Å². The lowest BCUT2D eigenvalue weighted by atomic mass is 10.1. The highest BCUT2D eigenvalue weighted by molar-refractivity contribution is 7.89. The fraction of sp³-hybridized carbons (Fsp3) is 0.278. The van der Waals surface area contributed by atoms with E-state index < -0.39 is 31.5 Å². The minimum Gasteiger partial charge on any atom is -0.494 e. The Kier molecular flexibility index (Phi) is 8.09. The van der Waals surface area contributed by atoms with Crippen LogP contribution in [0.25, 0.3) is 0 Å². The third-order valence-electron chi connectivity index (χ3n) is 4.50. The molecule has 0 heterocycles. The number of hydrogen-bond acceptors (Lipinski definition) is 10. The van der Waals surface area contributed by atoms with Crippen molar-refractivity contribution in [3.05, 3.63) is 56.1 Å². The number of hydrogen-bond donors (Lipinski definition) is 4. The maximum Gasteiger partial charge on any atom is 0.296 e. The van der Waals surface area contributed by atoms with Crippen LogP contribution >= 0.6 is 0 Å². The highest BCUT2D eigenvalue weighted by Gasteiger charge is 2.22. The van der Waals surface area contributed by atoms with Gasteiger partial charge in [-0.2, -0.15) is 0 Å². The Labute approximate surface area is 188 Å². The number of rotatable bonds is 12. The predicted molar refractivity (Wildman–Crippen MR) is 119 cm³/mol. The van der Waals surface area contributed by atoms with Crippen LogP contribution in [0.5, 0.6) is 5.75 Å². The zero-order valence-electron chi connectivity index (χ0n) is 17.4. The molecule has 6 N–H and O–H groups in total. The Morgan fingerprint density at radius 3 is 2.15 bits per heavy atom. The zero-order valence-corrected chi connectivity index (χ0v) is 18.3. The van der Waals surface area contributed by atoms with Crippen LogP contribution in [0.15, 0.2) is 35.2 Å². The van der Waals surface area contributed by atoms with Gasteiger partial charge < -0.3 is 21.1 Å². The van der Waals surface area contributed by atoms with E-state index in [9.17, 15) is 33.4 Å². The molecule has 2 rings (SSSR count). The first-order valence-electron chi connectivity index (χ1n) is 9.41. The summed E-state index contributed by atoms with van der Waals surface area (Å²) in [5.41, 5.74) is 4.54. The van der Waals surface area contributed by atoms with E-state index in [-0.39, 0.29) is 33.3 Å². The van der Waals surface area contributed by atoms with E-state index in [1.54, 1.807) is 0 Å². The molecular formula is C18H22N6O8S. The third-order valence-corrected chi connectivity index (χ3v) is 5.41. The van der Waals surface area contributed by atoms with Gasteiger partial charge in [0.15, 0.2) is 5.69 Å². The van der Waals surface area contributed by atoms with E-state index in [4.69, 9.17) is 15.6 Å². The first-order chi connectivity index (χ1) is 15.5. The van der Waals surface area contributed by atoms with E-state index in [2.05, 4.69) is 10.6 Å². The summed E-state index contributed by atoms with van der Waals surface area (Å²) < 4.78 is 27.9. The minimum atomic E-state index is -4.08. The minimum absolute atomic E-state index is 0.0663. The van der Waals surface area contributed by atoms with E-state index in [1.807, 2.05) is 0 Å². The van der Waals surface area contributed by atoms with Crippen molar-refractivity contribution in [2.75, 3.05) is 30.8 Å². The molecule has 0 aromatic heterocycles. The Bertz CT molecular complexity index is 1180. The zero-order chi connectivity index (χ0) is 24.8. The van der Waals surface area contributed by atoms with Crippen molar-refractivity contribution in [1.29, 1.82) is 0 Å². The lowest BCUT2D eigenvalue weighted by Gasteiger charge is -2.13. The number of methoxy groups -OCH3 is 1. The van der Waals surface area contributed by atoms with Gasteiger partial charge in [-0.05, 0) is 31.0 Å². The van der Waals surface area contributed by atoms with E-state index in [0.29, 0.717) is 25.9 Å². The second kappa shape index (κ2) is 10.6. The van der Waals surface area contributed by atoms with E-state index >= 15 is 0 Å². The van der Waals surface area contributed by atoms with Gasteiger partial charge in [-0.3, -0.25) is 25.0 Å². The molecule has 2 aromatic carbocycles. The van der Waals surface area contributed by atoms with Crippen molar-refractivity contribution in [2.24, 2.45) is 10.9 Å². The van der Waals surface area contributed by atoms with Crippen molar-refractivity contribution in [1.82, 2.24) is 0 Å². The number of nitro benzene ring substituents is 2. The summed E-state index contributed by atoms with van der Waals surface area (Å²) in [5.74, 6) is -0.748. The van der Waals surface area contributed by atoms with Gasteiger partial charge in [-0.25, -0.2) is 13.6 Å².